The molecular formula is C15H24N2O5S2. The smallest absolute Gasteiger partial charge is 0.259 e. The lowest BCUT2D eigenvalue weighted by Gasteiger charge is -2.21. The second-order valence-corrected chi connectivity index (χ2v) is 5.30. The zero-order valence-electron chi connectivity index (χ0n) is 14.0. The minimum Gasteiger partial charge on any atom is -0.504 e. The van der Waals surface area contributed by atoms with E-state index in [9.17, 15) is 10.2 Å². The predicted octanol–water partition coefficient (Wildman–Crippen LogP) is 1.82. The first-order valence-corrected chi connectivity index (χ1v) is 8.01. The van der Waals surface area contributed by atoms with Gasteiger partial charge in [-0.15, -0.1) is 0 Å². The molecule has 0 saturated carbocycles. The van der Waals surface area contributed by atoms with Crippen LogP contribution in [0, 0.1) is 0 Å². The van der Waals surface area contributed by atoms with E-state index in [2.05, 4.69) is 18.0 Å². The molecule has 0 bridgehead atoms. The van der Waals surface area contributed by atoms with Gasteiger partial charge in [-0.2, -0.15) is 0 Å². The van der Waals surface area contributed by atoms with Gasteiger partial charge in [0, 0.05) is 18.7 Å². The van der Waals surface area contributed by atoms with E-state index in [1.54, 1.807) is 12.1 Å². The summed E-state index contributed by atoms with van der Waals surface area (Å²) in [6, 6.07) is 3.25. The quantitative estimate of drug-likeness (QED) is 0.553. The molecule has 0 amide bonds. The van der Waals surface area contributed by atoms with E-state index in [0.717, 1.165) is 13.1 Å². The van der Waals surface area contributed by atoms with Crippen LogP contribution < -0.4 is 10.5 Å². The number of ether oxygens (including phenoxy) is 2. The lowest BCUT2D eigenvalue weighted by atomic mass is 10.1. The van der Waals surface area contributed by atoms with E-state index >= 15 is 0 Å². The number of phenolic OH excluding ortho intramolecular Hbond substituents is 1. The van der Waals surface area contributed by atoms with Crippen molar-refractivity contribution in [1.29, 1.82) is 0 Å². The number of methoxy groups -OCH3 is 1. The van der Waals surface area contributed by atoms with Gasteiger partial charge in [-0.1, -0.05) is 0 Å². The fourth-order valence-electron chi connectivity index (χ4n) is 1.80. The van der Waals surface area contributed by atoms with Crippen LogP contribution in [0.4, 0.5) is 0 Å². The fourth-order valence-corrected chi connectivity index (χ4v) is 2.12. The Morgan fingerprint density at radius 3 is 2.21 bits per heavy atom. The van der Waals surface area contributed by atoms with E-state index < -0.39 is 5.17 Å². The van der Waals surface area contributed by atoms with Gasteiger partial charge >= 0.3 is 0 Å². The summed E-state index contributed by atoms with van der Waals surface area (Å²) in [6.07, 6.45) is 0. The molecule has 1 rings (SSSR count). The highest BCUT2D eigenvalue weighted by Gasteiger charge is 2.13. The van der Waals surface area contributed by atoms with Gasteiger partial charge in [-0.3, -0.25) is 0 Å². The van der Waals surface area contributed by atoms with Gasteiger partial charge < -0.3 is 35.4 Å². The Bertz CT molecular complexity index is 547. The standard InChI is InChI=1S/C14H21NO4S.CH3NOS/c1-4-15(5-2)14(20)19-9-11-6-10(8-16)7-12(18-3)13(11)17;2-1(3)4/h6-7,16-17H,4-5,8-9H2,1-3H3;(H3,2,3,4). The Kier molecular flexibility index (Phi) is 10.8. The zero-order chi connectivity index (χ0) is 18.7. The van der Waals surface area contributed by atoms with Crippen LogP contribution in [0.15, 0.2) is 12.1 Å². The molecule has 0 aliphatic carbocycles. The van der Waals surface area contributed by atoms with Crippen molar-refractivity contribution in [2.45, 2.75) is 27.1 Å². The number of aliphatic hydroxyl groups excluding tert-OH is 2. The molecule has 9 heteroatoms. The van der Waals surface area contributed by atoms with Crippen molar-refractivity contribution < 1.29 is 24.8 Å². The average Bonchev–Trinajstić information content (AvgIpc) is 2.54. The van der Waals surface area contributed by atoms with Crippen LogP contribution in [0.3, 0.4) is 0 Å². The van der Waals surface area contributed by atoms with E-state index in [-0.39, 0.29) is 19.0 Å². The summed E-state index contributed by atoms with van der Waals surface area (Å²) in [5, 5.41) is 26.7. The Hall–Kier alpha value is -1.84. The maximum atomic E-state index is 10.0. The highest BCUT2D eigenvalue weighted by Crippen LogP contribution is 2.32. The van der Waals surface area contributed by atoms with Gasteiger partial charge in [0.25, 0.3) is 10.3 Å². The molecule has 0 fully saturated rings. The Balaban J connectivity index is 0.00000118. The van der Waals surface area contributed by atoms with Gasteiger partial charge in [0.05, 0.1) is 13.7 Å². The van der Waals surface area contributed by atoms with Gasteiger partial charge in [-0.25, -0.2) is 0 Å². The van der Waals surface area contributed by atoms with Crippen LogP contribution in [-0.4, -0.2) is 50.8 Å². The molecule has 0 saturated heterocycles. The third kappa shape index (κ3) is 7.62. The molecule has 136 valence electrons. The maximum absolute atomic E-state index is 10.0. The van der Waals surface area contributed by atoms with Crippen molar-refractivity contribution in [3.05, 3.63) is 23.3 Å². The number of aromatic hydroxyl groups is 1. The molecule has 0 aliphatic heterocycles. The van der Waals surface area contributed by atoms with Crippen LogP contribution in [0.1, 0.15) is 25.0 Å². The Labute approximate surface area is 152 Å². The van der Waals surface area contributed by atoms with Crippen LogP contribution in [0.5, 0.6) is 11.5 Å². The van der Waals surface area contributed by atoms with E-state index in [4.69, 9.17) is 26.8 Å². The van der Waals surface area contributed by atoms with Gasteiger partial charge in [0.1, 0.15) is 6.61 Å². The molecule has 7 nitrogen and oxygen atoms in total. The molecule has 5 N–H and O–H groups in total. The van der Waals surface area contributed by atoms with Crippen molar-refractivity contribution >= 4 is 34.8 Å². The topological polar surface area (TPSA) is 108 Å². The van der Waals surface area contributed by atoms with Crippen molar-refractivity contribution in [1.82, 2.24) is 4.90 Å². The first kappa shape index (κ1) is 22.2. The summed E-state index contributed by atoms with van der Waals surface area (Å²) in [4.78, 5) is 1.90. The number of rotatable bonds is 6. The zero-order valence-corrected chi connectivity index (χ0v) is 15.6. The molecule has 0 aliphatic rings. The number of hydrogen-bond donors (Lipinski definition) is 4. The first-order chi connectivity index (χ1) is 11.3. The number of benzene rings is 1. The molecule has 1 aromatic carbocycles. The van der Waals surface area contributed by atoms with Gasteiger partial charge in [0.2, 0.25) is 0 Å². The summed E-state index contributed by atoms with van der Waals surface area (Å²) in [5.74, 6) is 0.316. The Morgan fingerprint density at radius 2 is 1.79 bits per heavy atom. The number of hydrogen-bond acceptors (Lipinski definition) is 6. The summed E-state index contributed by atoms with van der Waals surface area (Å²) in [5.41, 5.74) is 5.57. The molecule has 0 radical (unpaired) electrons. The number of phenols is 1. The SMILES string of the molecule is CCN(CC)C(=S)OCc1cc(CO)cc(OC)c1O.NC(O)=S. The molecular weight excluding hydrogens is 352 g/mol. The molecule has 0 atom stereocenters. The molecule has 0 unspecified atom stereocenters. The average molecular weight is 377 g/mol. The normalized spacial score (nSPS) is 9.50. The monoisotopic (exact) mass is 376 g/mol. The molecule has 0 aromatic heterocycles. The second kappa shape index (κ2) is 11.7. The van der Waals surface area contributed by atoms with Gasteiger partial charge in [-0.05, 0) is 56.0 Å². The first-order valence-electron chi connectivity index (χ1n) is 7.20. The van der Waals surface area contributed by atoms with E-state index in [1.807, 2.05) is 18.7 Å². The minimum absolute atomic E-state index is 0.00652. The highest BCUT2D eigenvalue weighted by atomic mass is 32.1. The van der Waals surface area contributed by atoms with Crippen LogP contribution in [0.25, 0.3) is 0 Å². The van der Waals surface area contributed by atoms with Crippen molar-refractivity contribution in [2.24, 2.45) is 5.73 Å². The molecule has 1 aromatic rings. The summed E-state index contributed by atoms with van der Waals surface area (Å²) < 4.78 is 10.6. The lowest BCUT2D eigenvalue weighted by molar-refractivity contribution is 0.233. The van der Waals surface area contributed by atoms with Crippen LogP contribution >= 0.6 is 24.4 Å². The third-order valence-electron chi connectivity index (χ3n) is 2.99. The number of aliphatic hydroxyl groups is 2. The van der Waals surface area contributed by atoms with Gasteiger partial charge in [0.15, 0.2) is 11.5 Å². The Morgan fingerprint density at radius 1 is 1.25 bits per heavy atom. The summed E-state index contributed by atoms with van der Waals surface area (Å²) in [6.45, 7) is 5.51. The van der Waals surface area contributed by atoms with Crippen LogP contribution in [-0.2, 0) is 18.0 Å². The highest BCUT2D eigenvalue weighted by molar-refractivity contribution is 7.80. The molecule has 24 heavy (non-hydrogen) atoms. The fraction of sp³-hybridized carbons (Fsp3) is 0.467. The second-order valence-electron chi connectivity index (χ2n) is 4.53. The van der Waals surface area contributed by atoms with Crippen LogP contribution in [0.2, 0.25) is 0 Å². The number of nitrogens with two attached hydrogens (primary N) is 1. The third-order valence-corrected chi connectivity index (χ3v) is 3.36. The van der Waals surface area contributed by atoms with Crippen molar-refractivity contribution in [2.75, 3.05) is 20.2 Å². The van der Waals surface area contributed by atoms with Crippen molar-refractivity contribution in [3.63, 3.8) is 0 Å². The summed E-state index contributed by atoms with van der Waals surface area (Å²) >= 11 is 9.05. The van der Waals surface area contributed by atoms with Crippen molar-refractivity contribution in [3.8, 4) is 11.5 Å². The molecule has 0 heterocycles. The molecule has 0 spiro atoms. The number of nitrogens with zero attached hydrogens (tertiary/aromatic N) is 1. The summed E-state index contributed by atoms with van der Waals surface area (Å²) in [7, 11) is 1.46. The lowest BCUT2D eigenvalue weighted by Crippen LogP contribution is -2.30. The number of thiocarbonyl (C=S) groups is 2. The van der Waals surface area contributed by atoms with E-state index in [1.165, 1.54) is 7.11 Å². The maximum Gasteiger partial charge on any atom is 0.259 e. The largest absolute Gasteiger partial charge is 0.504 e. The minimum atomic E-state index is -0.500. The van der Waals surface area contributed by atoms with E-state index in [0.29, 0.717) is 22.1 Å². The predicted molar refractivity (Wildman–Crippen MR) is 100 cm³/mol.